The van der Waals surface area contributed by atoms with Crippen molar-refractivity contribution in [1.29, 1.82) is 0 Å². The summed E-state index contributed by atoms with van der Waals surface area (Å²) in [5.74, 6) is -0.0504. The molecular formula is C22H28N2O2. The van der Waals surface area contributed by atoms with Crippen LogP contribution in [-0.2, 0) is 16.0 Å². The maximum atomic E-state index is 12.2. The Morgan fingerprint density at radius 1 is 0.962 bits per heavy atom. The largest absolute Gasteiger partial charge is 0.342 e. The number of anilines is 1. The van der Waals surface area contributed by atoms with E-state index >= 15 is 0 Å². The molecule has 0 spiro atoms. The number of rotatable bonds is 8. The first-order valence-electron chi connectivity index (χ1n) is 9.13. The molecule has 0 atom stereocenters. The average molecular weight is 352 g/mol. The van der Waals surface area contributed by atoms with Crippen LogP contribution in [0.2, 0.25) is 0 Å². The molecule has 26 heavy (non-hydrogen) atoms. The number of hydrogen-bond acceptors (Lipinski definition) is 2. The average Bonchev–Trinajstić information content (AvgIpc) is 2.62. The molecular weight excluding hydrogens is 324 g/mol. The third kappa shape index (κ3) is 6.03. The van der Waals surface area contributed by atoms with E-state index in [4.69, 9.17) is 0 Å². The lowest BCUT2D eigenvalue weighted by Crippen LogP contribution is -2.33. The molecule has 0 fully saturated rings. The lowest BCUT2D eigenvalue weighted by atomic mass is 10.1. The summed E-state index contributed by atoms with van der Waals surface area (Å²) in [6, 6.07) is 16.1. The van der Waals surface area contributed by atoms with Crippen LogP contribution in [0.3, 0.4) is 0 Å². The number of nitrogens with one attached hydrogen (secondary N) is 1. The van der Waals surface area contributed by atoms with Crippen molar-refractivity contribution in [2.75, 3.05) is 18.4 Å². The van der Waals surface area contributed by atoms with Gasteiger partial charge >= 0.3 is 0 Å². The highest BCUT2D eigenvalue weighted by Gasteiger charge is 2.12. The molecule has 1 N–H and O–H groups in total. The van der Waals surface area contributed by atoms with Crippen molar-refractivity contribution in [3.05, 3.63) is 65.2 Å². The van der Waals surface area contributed by atoms with Gasteiger partial charge in [-0.15, -0.1) is 0 Å². The second-order valence-electron chi connectivity index (χ2n) is 6.64. The van der Waals surface area contributed by atoms with Crippen LogP contribution in [0.25, 0.3) is 0 Å². The second-order valence-corrected chi connectivity index (χ2v) is 6.64. The van der Waals surface area contributed by atoms with Gasteiger partial charge in [0.15, 0.2) is 0 Å². The molecule has 0 saturated carbocycles. The molecule has 138 valence electrons. The van der Waals surface area contributed by atoms with E-state index < -0.39 is 0 Å². The topological polar surface area (TPSA) is 49.4 Å². The van der Waals surface area contributed by atoms with E-state index in [1.165, 1.54) is 5.56 Å². The van der Waals surface area contributed by atoms with E-state index in [1.807, 2.05) is 50.2 Å². The number of aryl methyl sites for hydroxylation is 2. The second kappa shape index (κ2) is 9.76. The van der Waals surface area contributed by atoms with E-state index in [1.54, 1.807) is 11.8 Å². The Morgan fingerprint density at radius 3 is 2.38 bits per heavy atom. The fourth-order valence-corrected chi connectivity index (χ4v) is 2.88. The van der Waals surface area contributed by atoms with Crippen molar-refractivity contribution in [2.24, 2.45) is 0 Å². The minimum atomic E-state index is -0.0620. The monoisotopic (exact) mass is 352 g/mol. The van der Waals surface area contributed by atoms with Gasteiger partial charge in [0, 0.05) is 32.1 Å². The molecule has 0 aliphatic heterocycles. The fraction of sp³-hybridized carbons (Fsp3) is 0.364. The maximum Gasteiger partial charge on any atom is 0.226 e. The van der Waals surface area contributed by atoms with Crippen LogP contribution in [0.4, 0.5) is 5.69 Å². The standard InChI is InChI=1S/C22H28N2O2/c1-17-9-7-13-21(18(17)2)23-22(26)14-16-24(19(3)25)15-8-12-20-10-5-4-6-11-20/h4-7,9-11,13H,8,12,14-16H2,1-3H3,(H,23,26). The van der Waals surface area contributed by atoms with Gasteiger partial charge in [0.2, 0.25) is 11.8 Å². The number of benzene rings is 2. The van der Waals surface area contributed by atoms with E-state index in [-0.39, 0.29) is 11.8 Å². The third-order valence-corrected chi connectivity index (χ3v) is 4.67. The number of nitrogens with zero attached hydrogens (tertiary/aromatic N) is 1. The number of carbonyl (C=O) groups is 2. The molecule has 0 bridgehead atoms. The van der Waals surface area contributed by atoms with Gasteiger partial charge in [0.25, 0.3) is 0 Å². The Hall–Kier alpha value is -2.62. The Kier molecular flexibility index (Phi) is 7.39. The summed E-state index contributed by atoms with van der Waals surface area (Å²) in [7, 11) is 0. The van der Waals surface area contributed by atoms with Gasteiger partial charge in [-0.25, -0.2) is 0 Å². The molecule has 0 unspecified atom stereocenters. The molecule has 0 aromatic heterocycles. The van der Waals surface area contributed by atoms with E-state index in [2.05, 4.69) is 17.4 Å². The van der Waals surface area contributed by atoms with Gasteiger partial charge in [-0.3, -0.25) is 9.59 Å². The van der Waals surface area contributed by atoms with E-state index in [0.29, 0.717) is 19.5 Å². The molecule has 0 heterocycles. The van der Waals surface area contributed by atoms with Crippen LogP contribution in [0.1, 0.15) is 36.5 Å². The van der Waals surface area contributed by atoms with Crippen molar-refractivity contribution in [3.8, 4) is 0 Å². The highest BCUT2D eigenvalue weighted by Crippen LogP contribution is 2.18. The summed E-state index contributed by atoms with van der Waals surface area (Å²) >= 11 is 0. The number of carbonyl (C=O) groups excluding carboxylic acids is 2. The molecule has 0 aliphatic rings. The van der Waals surface area contributed by atoms with Crippen LogP contribution in [0.15, 0.2) is 48.5 Å². The Balaban J connectivity index is 1.81. The molecule has 4 heteroatoms. The van der Waals surface area contributed by atoms with Crippen LogP contribution >= 0.6 is 0 Å². The number of amides is 2. The van der Waals surface area contributed by atoms with E-state index in [9.17, 15) is 9.59 Å². The Morgan fingerprint density at radius 2 is 1.69 bits per heavy atom. The van der Waals surface area contributed by atoms with Gasteiger partial charge < -0.3 is 10.2 Å². The van der Waals surface area contributed by atoms with Crippen LogP contribution in [0, 0.1) is 13.8 Å². The van der Waals surface area contributed by atoms with Gasteiger partial charge in [-0.2, -0.15) is 0 Å². The molecule has 0 aliphatic carbocycles. The van der Waals surface area contributed by atoms with Crippen molar-refractivity contribution in [3.63, 3.8) is 0 Å². The lowest BCUT2D eigenvalue weighted by Gasteiger charge is -2.21. The predicted octanol–water partition coefficient (Wildman–Crippen LogP) is 4.11. The fourth-order valence-electron chi connectivity index (χ4n) is 2.88. The van der Waals surface area contributed by atoms with Crippen molar-refractivity contribution < 1.29 is 9.59 Å². The van der Waals surface area contributed by atoms with Crippen molar-refractivity contribution in [1.82, 2.24) is 4.90 Å². The highest BCUT2D eigenvalue weighted by atomic mass is 16.2. The minimum Gasteiger partial charge on any atom is -0.342 e. The summed E-state index contributed by atoms with van der Waals surface area (Å²) in [6.45, 7) is 6.69. The van der Waals surface area contributed by atoms with Crippen LogP contribution < -0.4 is 5.32 Å². The summed E-state index contributed by atoms with van der Waals surface area (Å²) in [4.78, 5) is 25.9. The van der Waals surface area contributed by atoms with Gasteiger partial charge in [0.05, 0.1) is 0 Å². The highest BCUT2D eigenvalue weighted by molar-refractivity contribution is 5.92. The zero-order valence-electron chi connectivity index (χ0n) is 15.9. The molecule has 2 amide bonds. The quantitative estimate of drug-likeness (QED) is 0.777. The van der Waals surface area contributed by atoms with Crippen LogP contribution in [-0.4, -0.2) is 29.8 Å². The van der Waals surface area contributed by atoms with Crippen molar-refractivity contribution in [2.45, 2.75) is 40.0 Å². The molecule has 0 radical (unpaired) electrons. The van der Waals surface area contributed by atoms with Gasteiger partial charge in [-0.1, -0.05) is 42.5 Å². The molecule has 4 nitrogen and oxygen atoms in total. The zero-order chi connectivity index (χ0) is 18.9. The first kappa shape index (κ1) is 19.7. The predicted molar refractivity (Wildman–Crippen MR) is 106 cm³/mol. The molecule has 2 aromatic carbocycles. The summed E-state index contributed by atoms with van der Waals surface area (Å²) in [5, 5.41) is 2.95. The molecule has 2 rings (SSSR count). The normalized spacial score (nSPS) is 10.4. The van der Waals surface area contributed by atoms with Crippen LogP contribution in [0.5, 0.6) is 0 Å². The minimum absolute atomic E-state index is 0.0117. The summed E-state index contributed by atoms with van der Waals surface area (Å²) in [6.07, 6.45) is 2.12. The van der Waals surface area contributed by atoms with Crippen molar-refractivity contribution >= 4 is 17.5 Å². The molecule has 2 aromatic rings. The van der Waals surface area contributed by atoms with Gasteiger partial charge in [0.1, 0.15) is 0 Å². The van der Waals surface area contributed by atoms with E-state index in [0.717, 1.165) is 29.7 Å². The van der Waals surface area contributed by atoms with Gasteiger partial charge in [-0.05, 0) is 49.4 Å². The Bertz CT molecular complexity index is 741. The first-order valence-corrected chi connectivity index (χ1v) is 9.13. The third-order valence-electron chi connectivity index (χ3n) is 4.67. The maximum absolute atomic E-state index is 12.2. The zero-order valence-corrected chi connectivity index (χ0v) is 15.9. The lowest BCUT2D eigenvalue weighted by molar-refractivity contribution is -0.129. The summed E-state index contributed by atoms with van der Waals surface area (Å²) in [5.41, 5.74) is 4.33. The number of hydrogen-bond donors (Lipinski definition) is 1. The SMILES string of the molecule is CC(=O)N(CCCc1ccccc1)CCC(=O)Nc1cccc(C)c1C. The molecule has 0 saturated heterocycles. The smallest absolute Gasteiger partial charge is 0.226 e. The Labute approximate surface area is 156 Å². The summed E-state index contributed by atoms with van der Waals surface area (Å²) < 4.78 is 0. The first-order chi connectivity index (χ1) is 12.5.